The van der Waals surface area contributed by atoms with Crippen molar-refractivity contribution < 1.29 is 9.84 Å². The van der Waals surface area contributed by atoms with Gasteiger partial charge in [-0.25, -0.2) is 9.97 Å². The number of hydrogen-bond acceptors (Lipinski definition) is 4. The molecule has 0 aliphatic heterocycles. The predicted octanol–water partition coefficient (Wildman–Crippen LogP) is 2.41. The van der Waals surface area contributed by atoms with Gasteiger partial charge in [0.15, 0.2) is 5.65 Å². The lowest BCUT2D eigenvalue weighted by Crippen LogP contribution is -2.07. The number of hydrogen-bond donors (Lipinski definition) is 1. The van der Waals surface area contributed by atoms with E-state index in [-0.39, 0.29) is 6.61 Å². The number of imidazole rings is 1. The van der Waals surface area contributed by atoms with E-state index in [9.17, 15) is 0 Å². The number of methoxy groups -OCH3 is 1. The van der Waals surface area contributed by atoms with Gasteiger partial charge in [-0.2, -0.15) is 0 Å². The van der Waals surface area contributed by atoms with Crippen molar-refractivity contribution in [3.63, 3.8) is 0 Å². The average molecular weight is 297 g/mol. The SMILES string of the molecule is COc1ccc(Cn2c(CCCO)nc3cccnc32)cc1. The third kappa shape index (κ3) is 2.94. The maximum absolute atomic E-state index is 9.07. The molecule has 0 aliphatic rings. The highest BCUT2D eigenvalue weighted by Crippen LogP contribution is 2.18. The minimum Gasteiger partial charge on any atom is -0.497 e. The lowest BCUT2D eigenvalue weighted by Gasteiger charge is -2.09. The third-order valence-corrected chi connectivity index (χ3v) is 3.64. The van der Waals surface area contributed by atoms with Crippen molar-refractivity contribution >= 4 is 11.2 Å². The van der Waals surface area contributed by atoms with E-state index in [1.165, 1.54) is 0 Å². The number of aliphatic hydroxyl groups is 1. The molecule has 0 atom stereocenters. The summed E-state index contributed by atoms with van der Waals surface area (Å²) in [5, 5.41) is 9.07. The summed E-state index contributed by atoms with van der Waals surface area (Å²) in [6.07, 6.45) is 3.22. The molecule has 0 unspecified atom stereocenters. The summed E-state index contributed by atoms with van der Waals surface area (Å²) < 4.78 is 7.31. The second-order valence-corrected chi connectivity index (χ2v) is 5.14. The van der Waals surface area contributed by atoms with E-state index in [4.69, 9.17) is 9.84 Å². The maximum atomic E-state index is 9.07. The molecule has 2 aromatic heterocycles. The van der Waals surface area contributed by atoms with Gasteiger partial charge in [0.2, 0.25) is 0 Å². The van der Waals surface area contributed by atoms with Crippen LogP contribution in [0.5, 0.6) is 5.75 Å². The second-order valence-electron chi connectivity index (χ2n) is 5.14. The Kier molecular flexibility index (Phi) is 4.34. The van der Waals surface area contributed by atoms with Crippen molar-refractivity contribution in [2.45, 2.75) is 19.4 Å². The van der Waals surface area contributed by atoms with Crippen LogP contribution < -0.4 is 4.74 Å². The molecule has 0 saturated carbocycles. The van der Waals surface area contributed by atoms with Crippen LogP contribution in [0.1, 0.15) is 17.8 Å². The van der Waals surface area contributed by atoms with Gasteiger partial charge < -0.3 is 14.4 Å². The van der Waals surface area contributed by atoms with E-state index in [2.05, 4.69) is 14.5 Å². The van der Waals surface area contributed by atoms with E-state index < -0.39 is 0 Å². The second kappa shape index (κ2) is 6.58. The minimum absolute atomic E-state index is 0.166. The van der Waals surface area contributed by atoms with Crippen molar-refractivity contribution in [1.82, 2.24) is 14.5 Å². The fraction of sp³-hybridized carbons (Fsp3) is 0.294. The molecule has 0 saturated heterocycles. The topological polar surface area (TPSA) is 60.2 Å². The first-order chi connectivity index (χ1) is 10.8. The highest BCUT2D eigenvalue weighted by atomic mass is 16.5. The van der Waals surface area contributed by atoms with Crippen molar-refractivity contribution in [3.05, 3.63) is 54.0 Å². The van der Waals surface area contributed by atoms with Crippen LogP contribution in [0, 0.1) is 0 Å². The lowest BCUT2D eigenvalue weighted by atomic mass is 10.2. The molecule has 0 amide bonds. The number of benzene rings is 1. The monoisotopic (exact) mass is 297 g/mol. The van der Waals surface area contributed by atoms with Crippen LogP contribution in [0.2, 0.25) is 0 Å². The lowest BCUT2D eigenvalue weighted by molar-refractivity contribution is 0.287. The van der Waals surface area contributed by atoms with Crippen LogP contribution in [-0.2, 0) is 13.0 Å². The molecule has 0 bridgehead atoms. The van der Waals surface area contributed by atoms with Gasteiger partial charge in [0, 0.05) is 19.2 Å². The van der Waals surface area contributed by atoms with Gasteiger partial charge in [-0.3, -0.25) is 0 Å². The first-order valence-corrected chi connectivity index (χ1v) is 7.35. The Morgan fingerprint density at radius 2 is 2.00 bits per heavy atom. The largest absolute Gasteiger partial charge is 0.497 e. The normalized spacial score (nSPS) is 11.0. The van der Waals surface area contributed by atoms with Gasteiger partial charge in [0.1, 0.15) is 17.1 Å². The molecule has 22 heavy (non-hydrogen) atoms. The van der Waals surface area contributed by atoms with Crippen LogP contribution >= 0.6 is 0 Å². The molecule has 3 rings (SSSR count). The maximum Gasteiger partial charge on any atom is 0.160 e. The molecule has 5 heteroatoms. The zero-order valence-corrected chi connectivity index (χ0v) is 12.6. The fourth-order valence-electron chi connectivity index (χ4n) is 2.51. The van der Waals surface area contributed by atoms with E-state index >= 15 is 0 Å². The molecule has 3 aromatic rings. The molecular formula is C17H19N3O2. The van der Waals surface area contributed by atoms with Crippen LogP contribution in [0.4, 0.5) is 0 Å². The van der Waals surface area contributed by atoms with Gasteiger partial charge in [-0.15, -0.1) is 0 Å². The summed E-state index contributed by atoms with van der Waals surface area (Å²) in [7, 11) is 1.66. The van der Waals surface area contributed by atoms with Crippen molar-refractivity contribution in [1.29, 1.82) is 0 Å². The molecule has 114 valence electrons. The Hall–Kier alpha value is -2.40. The zero-order valence-electron chi connectivity index (χ0n) is 12.6. The summed E-state index contributed by atoms with van der Waals surface area (Å²) in [6, 6.07) is 11.9. The van der Waals surface area contributed by atoms with Crippen LogP contribution in [0.25, 0.3) is 11.2 Å². The summed E-state index contributed by atoms with van der Waals surface area (Å²) in [6.45, 7) is 0.872. The average Bonchev–Trinajstić information content (AvgIpc) is 2.91. The van der Waals surface area contributed by atoms with Gasteiger partial charge >= 0.3 is 0 Å². The van der Waals surface area contributed by atoms with Crippen molar-refractivity contribution in [3.8, 4) is 5.75 Å². The van der Waals surface area contributed by atoms with Gasteiger partial charge in [-0.1, -0.05) is 12.1 Å². The van der Waals surface area contributed by atoms with Crippen LogP contribution in [0.3, 0.4) is 0 Å². The van der Waals surface area contributed by atoms with Crippen LogP contribution in [0.15, 0.2) is 42.6 Å². The van der Waals surface area contributed by atoms with Gasteiger partial charge in [0.25, 0.3) is 0 Å². The minimum atomic E-state index is 0.166. The Labute approximate surface area is 129 Å². The highest BCUT2D eigenvalue weighted by molar-refractivity contribution is 5.71. The molecule has 1 aromatic carbocycles. The summed E-state index contributed by atoms with van der Waals surface area (Å²) in [5.74, 6) is 1.80. The number of aromatic nitrogens is 3. The zero-order chi connectivity index (χ0) is 15.4. The molecule has 0 aliphatic carbocycles. The molecule has 0 spiro atoms. The highest BCUT2D eigenvalue weighted by Gasteiger charge is 2.11. The standard InChI is InChI=1S/C17H19N3O2/c1-22-14-8-6-13(7-9-14)12-20-16(5-3-11-21)19-15-4-2-10-18-17(15)20/h2,4,6-10,21H,3,5,11-12H2,1H3. The van der Waals surface area contributed by atoms with E-state index in [0.29, 0.717) is 13.0 Å². The molecule has 2 heterocycles. The molecule has 1 N–H and O–H groups in total. The number of aliphatic hydroxyl groups excluding tert-OH is 1. The first-order valence-electron chi connectivity index (χ1n) is 7.35. The molecule has 0 fully saturated rings. The predicted molar refractivity (Wildman–Crippen MR) is 85.0 cm³/mol. The number of ether oxygens (including phenoxy) is 1. The van der Waals surface area contributed by atoms with Gasteiger partial charge in [-0.05, 0) is 36.2 Å². The summed E-state index contributed by atoms with van der Waals surface area (Å²) in [5.41, 5.74) is 2.94. The van der Waals surface area contributed by atoms with E-state index in [1.54, 1.807) is 13.3 Å². The van der Waals surface area contributed by atoms with Crippen molar-refractivity contribution in [2.24, 2.45) is 0 Å². The third-order valence-electron chi connectivity index (χ3n) is 3.64. The number of rotatable bonds is 6. The Morgan fingerprint density at radius 3 is 2.73 bits per heavy atom. The summed E-state index contributed by atoms with van der Waals surface area (Å²) >= 11 is 0. The summed E-state index contributed by atoms with van der Waals surface area (Å²) in [4.78, 5) is 9.10. The number of pyridine rings is 1. The van der Waals surface area contributed by atoms with Crippen LogP contribution in [-0.4, -0.2) is 33.4 Å². The molecule has 5 nitrogen and oxygen atoms in total. The molecular weight excluding hydrogens is 278 g/mol. The first kappa shape index (κ1) is 14.5. The number of aryl methyl sites for hydroxylation is 1. The smallest absolute Gasteiger partial charge is 0.160 e. The number of fused-ring (bicyclic) bond motifs is 1. The van der Waals surface area contributed by atoms with Crippen molar-refractivity contribution in [2.75, 3.05) is 13.7 Å². The quantitative estimate of drug-likeness (QED) is 0.759. The van der Waals surface area contributed by atoms with Gasteiger partial charge in [0.05, 0.1) is 13.7 Å². The van der Waals surface area contributed by atoms with E-state index in [1.807, 2.05) is 36.4 Å². The Bertz CT molecular complexity index is 750. The molecule has 0 radical (unpaired) electrons. The Morgan fingerprint density at radius 1 is 1.18 bits per heavy atom. The Balaban J connectivity index is 1.95. The number of nitrogens with zero attached hydrogens (tertiary/aromatic N) is 3. The fourth-order valence-corrected chi connectivity index (χ4v) is 2.51. The van der Waals surface area contributed by atoms with E-state index in [0.717, 1.165) is 34.7 Å².